The molecule has 0 atom stereocenters. The van der Waals surface area contributed by atoms with Gasteiger partial charge in [-0.2, -0.15) is 0 Å². The highest BCUT2D eigenvalue weighted by Gasteiger charge is 2.01. The second kappa shape index (κ2) is 4.81. The first-order valence-electron chi connectivity index (χ1n) is 4.10. The van der Waals surface area contributed by atoms with Gasteiger partial charge in [0.2, 0.25) is 5.70 Å². The van der Waals surface area contributed by atoms with Crippen molar-refractivity contribution in [2.75, 3.05) is 6.26 Å². The lowest BCUT2D eigenvalue weighted by atomic mass is 10.2. The molecule has 0 bridgehead atoms. The average Bonchev–Trinajstić information content (AvgIpc) is 2.19. The van der Waals surface area contributed by atoms with Crippen LogP contribution in [0.25, 0.3) is 6.08 Å². The van der Waals surface area contributed by atoms with E-state index in [4.69, 9.17) is 0 Å². The topological polar surface area (TPSA) is 43.1 Å². The minimum Gasteiger partial charge on any atom is -0.259 e. The predicted molar refractivity (Wildman–Crippen MR) is 58.9 cm³/mol. The molecule has 0 amide bonds. The normalized spacial score (nSPS) is 11.4. The largest absolute Gasteiger partial charge is 0.259 e. The number of hydrogen-bond donors (Lipinski definition) is 0. The third kappa shape index (κ3) is 2.88. The van der Waals surface area contributed by atoms with Crippen molar-refractivity contribution in [1.82, 2.24) is 0 Å². The van der Waals surface area contributed by atoms with E-state index in [0.29, 0.717) is 0 Å². The highest BCUT2D eigenvalue weighted by atomic mass is 32.2. The molecule has 0 spiro atoms. The Balaban J connectivity index is 2.88. The second-order valence-corrected chi connectivity index (χ2v) is 3.70. The summed E-state index contributed by atoms with van der Waals surface area (Å²) in [6, 6.07) is 7.64. The standard InChI is InChI=1S/C10H11NO2S/c1-8(11(12)13)7-9-3-5-10(14-2)6-4-9/h3-7H,1-2H3/b8-7+. The van der Waals surface area contributed by atoms with Gasteiger partial charge in [-0.15, -0.1) is 11.8 Å². The molecule has 0 unspecified atom stereocenters. The van der Waals surface area contributed by atoms with E-state index in [9.17, 15) is 10.1 Å². The molecule has 0 heterocycles. The Labute approximate surface area is 87.0 Å². The van der Waals surface area contributed by atoms with Crippen molar-refractivity contribution in [2.45, 2.75) is 11.8 Å². The van der Waals surface area contributed by atoms with Gasteiger partial charge in [0.25, 0.3) is 0 Å². The summed E-state index contributed by atoms with van der Waals surface area (Å²) in [6.07, 6.45) is 3.55. The van der Waals surface area contributed by atoms with Gasteiger partial charge in [-0.25, -0.2) is 0 Å². The fourth-order valence-corrected chi connectivity index (χ4v) is 1.40. The first-order chi connectivity index (χ1) is 6.63. The summed E-state index contributed by atoms with van der Waals surface area (Å²) in [4.78, 5) is 11.1. The zero-order chi connectivity index (χ0) is 10.6. The van der Waals surface area contributed by atoms with Crippen LogP contribution in [0.2, 0.25) is 0 Å². The number of thioether (sulfide) groups is 1. The van der Waals surface area contributed by atoms with E-state index in [-0.39, 0.29) is 10.6 Å². The minimum absolute atomic E-state index is 0.155. The van der Waals surface area contributed by atoms with Gasteiger partial charge in [-0.3, -0.25) is 10.1 Å². The summed E-state index contributed by atoms with van der Waals surface area (Å²) in [6.45, 7) is 1.49. The summed E-state index contributed by atoms with van der Waals surface area (Å²) in [5.74, 6) is 0. The van der Waals surface area contributed by atoms with E-state index in [2.05, 4.69) is 0 Å². The van der Waals surface area contributed by atoms with Gasteiger partial charge < -0.3 is 0 Å². The van der Waals surface area contributed by atoms with Gasteiger partial charge in [0, 0.05) is 17.9 Å². The van der Waals surface area contributed by atoms with Crippen molar-refractivity contribution in [2.24, 2.45) is 0 Å². The van der Waals surface area contributed by atoms with Gasteiger partial charge in [-0.05, 0) is 24.0 Å². The van der Waals surface area contributed by atoms with Crippen LogP contribution in [0, 0.1) is 10.1 Å². The fraction of sp³-hybridized carbons (Fsp3) is 0.200. The van der Waals surface area contributed by atoms with Crippen molar-refractivity contribution in [1.29, 1.82) is 0 Å². The van der Waals surface area contributed by atoms with Crippen LogP contribution in [0.5, 0.6) is 0 Å². The number of hydrogen-bond acceptors (Lipinski definition) is 3. The molecule has 0 fully saturated rings. The molecular formula is C10H11NO2S. The molecule has 0 aromatic heterocycles. The third-order valence-corrected chi connectivity index (χ3v) is 2.52. The average molecular weight is 209 g/mol. The maximum Gasteiger partial charge on any atom is 0.243 e. The van der Waals surface area contributed by atoms with Crippen LogP contribution < -0.4 is 0 Å². The van der Waals surface area contributed by atoms with Crippen molar-refractivity contribution in [3.63, 3.8) is 0 Å². The molecule has 4 heteroatoms. The molecule has 3 nitrogen and oxygen atoms in total. The highest BCUT2D eigenvalue weighted by Crippen LogP contribution is 2.16. The van der Waals surface area contributed by atoms with E-state index in [1.54, 1.807) is 17.8 Å². The SMILES string of the molecule is CSc1ccc(/C=C(\C)[N+](=O)[O-])cc1. The van der Waals surface area contributed by atoms with Gasteiger partial charge in [0.05, 0.1) is 4.92 Å². The van der Waals surface area contributed by atoms with Crippen LogP contribution in [-0.4, -0.2) is 11.2 Å². The lowest BCUT2D eigenvalue weighted by Gasteiger charge is -1.96. The maximum atomic E-state index is 10.4. The molecule has 0 radical (unpaired) electrons. The minimum atomic E-state index is -0.386. The van der Waals surface area contributed by atoms with Crippen LogP contribution >= 0.6 is 11.8 Å². The zero-order valence-corrected chi connectivity index (χ0v) is 8.88. The molecule has 0 aliphatic heterocycles. The molecule has 0 aliphatic rings. The molecule has 0 N–H and O–H groups in total. The van der Waals surface area contributed by atoms with Crippen LogP contribution in [0.15, 0.2) is 34.9 Å². The molecule has 0 aliphatic carbocycles. The van der Waals surface area contributed by atoms with E-state index < -0.39 is 0 Å². The smallest absolute Gasteiger partial charge is 0.243 e. The van der Waals surface area contributed by atoms with Crippen LogP contribution in [0.4, 0.5) is 0 Å². The predicted octanol–water partition coefficient (Wildman–Crippen LogP) is 3.05. The Morgan fingerprint density at radius 2 is 2.00 bits per heavy atom. The second-order valence-electron chi connectivity index (χ2n) is 2.82. The van der Waals surface area contributed by atoms with E-state index in [1.807, 2.05) is 30.5 Å². The summed E-state index contributed by atoms with van der Waals surface area (Å²) in [5, 5.41) is 10.4. The van der Waals surface area contributed by atoms with E-state index in [1.165, 1.54) is 6.92 Å². The van der Waals surface area contributed by atoms with Crippen LogP contribution in [-0.2, 0) is 0 Å². The fourth-order valence-electron chi connectivity index (χ4n) is 0.994. The molecule has 0 saturated carbocycles. The van der Waals surface area contributed by atoms with Crippen molar-refractivity contribution < 1.29 is 4.92 Å². The molecule has 74 valence electrons. The lowest BCUT2D eigenvalue weighted by Crippen LogP contribution is -1.92. The highest BCUT2D eigenvalue weighted by molar-refractivity contribution is 7.98. The molecular weight excluding hydrogens is 198 g/mol. The van der Waals surface area contributed by atoms with Gasteiger partial charge in [0.1, 0.15) is 0 Å². The Hall–Kier alpha value is -1.29. The first kappa shape index (κ1) is 10.8. The summed E-state index contributed by atoms with van der Waals surface area (Å²) < 4.78 is 0. The van der Waals surface area contributed by atoms with Crippen LogP contribution in [0.1, 0.15) is 12.5 Å². The summed E-state index contributed by atoms with van der Waals surface area (Å²) >= 11 is 1.65. The number of allylic oxidation sites excluding steroid dienone is 1. The quantitative estimate of drug-likeness (QED) is 0.436. The molecule has 1 rings (SSSR count). The van der Waals surface area contributed by atoms with Crippen molar-refractivity contribution >= 4 is 17.8 Å². The Morgan fingerprint density at radius 1 is 1.43 bits per heavy atom. The Morgan fingerprint density at radius 3 is 2.43 bits per heavy atom. The number of benzene rings is 1. The lowest BCUT2D eigenvalue weighted by molar-refractivity contribution is -0.422. The van der Waals surface area contributed by atoms with Gasteiger partial charge in [-0.1, -0.05) is 12.1 Å². The van der Waals surface area contributed by atoms with Crippen LogP contribution in [0.3, 0.4) is 0 Å². The molecule has 1 aromatic carbocycles. The molecule has 14 heavy (non-hydrogen) atoms. The Bertz CT molecular complexity index is 357. The van der Waals surface area contributed by atoms with E-state index in [0.717, 1.165) is 10.5 Å². The number of rotatable bonds is 3. The van der Waals surface area contributed by atoms with Crippen molar-refractivity contribution in [3.05, 3.63) is 45.6 Å². The van der Waals surface area contributed by atoms with Crippen molar-refractivity contribution in [3.8, 4) is 0 Å². The van der Waals surface area contributed by atoms with Gasteiger partial charge >= 0.3 is 0 Å². The van der Waals surface area contributed by atoms with Gasteiger partial charge in [0.15, 0.2) is 0 Å². The molecule has 0 saturated heterocycles. The van der Waals surface area contributed by atoms with E-state index >= 15 is 0 Å². The maximum absolute atomic E-state index is 10.4. The first-order valence-corrected chi connectivity index (χ1v) is 5.32. The number of nitrogens with zero attached hydrogens (tertiary/aromatic N) is 1. The summed E-state index contributed by atoms with van der Waals surface area (Å²) in [7, 11) is 0. The Kier molecular flexibility index (Phi) is 3.71. The molecule has 1 aromatic rings. The number of nitro groups is 1. The summed E-state index contributed by atoms with van der Waals surface area (Å²) in [5.41, 5.74) is 1.01. The monoisotopic (exact) mass is 209 g/mol. The third-order valence-electron chi connectivity index (χ3n) is 1.78. The zero-order valence-electron chi connectivity index (χ0n) is 8.06.